The predicted molar refractivity (Wildman–Crippen MR) is 95.2 cm³/mol. The fourth-order valence-electron chi connectivity index (χ4n) is 2.65. The first-order valence-electron chi connectivity index (χ1n) is 7.74. The highest BCUT2D eigenvalue weighted by Gasteiger charge is 2.32. The molecule has 7 nitrogen and oxygen atoms in total. The van der Waals surface area contributed by atoms with Crippen molar-refractivity contribution in [2.45, 2.75) is 19.9 Å². The summed E-state index contributed by atoms with van der Waals surface area (Å²) in [7, 11) is 0. The van der Waals surface area contributed by atoms with Crippen LogP contribution >= 0.6 is 0 Å². The molecule has 2 aromatic rings. The maximum absolute atomic E-state index is 12.8. The van der Waals surface area contributed by atoms with Crippen molar-refractivity contribution >= 4 is 29.0 Å². The molecule has 0 aliphatic carbocycles. The van der Waals surface area contributed by atoms with Gasteiger partial charge in [0.05, 0.1) is 10.6 Å². The molecule has 128 valence electrons. The molecule has 0 saturated heterocycles. The van der Waals surface area contributed by atoms with Crippen LogP contribution in [0, 0.1) is 10.1 Å². The fraction of sp³-hybridized carbons (Fsp3) is 0.167. The lowest BCUT2D eigenvalue weighted by Crippen LogP contribution is -2.42. The van der Waals surface area contributed by atoms with Crippen LogP contribution in [0.5, 0.6) is 5.75 Å². The quantitative estimate of drug-likeness (QED) is 0.400. The van der Waals surface area contributed by atoms with Crippen LogP contribution in [0.25, 0.3) is 6.08 Å². The number of carbonyl (C=O) groups is 1. The minimum absolute atomic E-state index is 0.0114. The van der Waals surface area contributed by atoms with E-state index in [4.69, 9.17) is 10.5 Å². The van der Waals surface area contributed by atoms with Crippen molar-refractivity contribution in [2.75, 3.05) is 10.6 Å². The number of non-ortho nitro benzene ring substituents is 1. The third-order valence-electron chi connectivity index (χ3n) is 3.81. The second-order valence-corrected chi connectivity index (χ2v) is 5.96. The van der Waals surface area contributed by atoms with Gasteiger partial charge in [0.25, 0.3) is 11.6 Å². The van der Waals surface area contributed by atoms with Crippen LogP contribution in [-0.2, 0) is 4.79 Å². The van der Waals surface area contributed by atoms with Gasteiger partial charge in [-0.05, 0) is 55.8 Å². The lowest BCUT2D eigenvalue weighted by atomic mass is 10.1. The Hall–Kier alpha value is -3.35. The molecule has 0 spiro atoms. The molecule has 0 fully saturated rings. The number of carbonyl (C=O) groups excluding carboxylic acids is 1. The van der Waals surface area contributed by atoms with E-state index in [-0.39, 0.29) is 23.4 Å². The van der Waals surface area contributed by atoms with E-state index in [1.807, 2.05) is 13.8 Å². The maximum atomic E-state index is 12.8. The number of nitrogen functional groups attached to an aromatic ring is 1. The molecule has 2 aromatic carbocycles. The van der Waals surface area contributed by atoms with E-state index in [2.05, 4.69) is 0 Å². The number of nitro groups is 1. The van der Waals surface area contributed by atoms with Crippen LogP contribution in [0.15, 0.2) is 48.2 Å². The van der Waals surface area contributed by atoms with Gasteiger partial charge in [0.15, 0.2) is 11.5 Å². The average Bonchev–Trinajstić information content (AvgIpc) is 2.56. The number of benzene rings is 2. The van der Waals surface area contributed by atoms with Gasteiger partial charge in [0, 0.05) is 23.9 Å². The molecule has 1 aliphatic heterocycles. The number of fused-ring (bicyclic) bond motifs is 1. The van der Waals surface area contributed by atoms with Crippen LogP contribution in [0.3, 0.4) is 0 Å². The molecular weight excluding hydrogens is 322 g/mol. The molecule has 0 saturated carbocycles. The molecular formula is C18H17N3O4. The standard InChI is InChI=1S/C18H17N3O4/c1-11(2)20-15-10-13(19)5-8-16(15)25-17(18(20)22)9-12-3-6-14(7-4-12)21(23)24/h3-11H,19H2,1-2H3/b17-9+. The number of ether oxygens (including phenoxy) is 1. The van der Waals surface area contributed by atoms with Crippen molar-refractivity contribution in [3.63, 3.8) is 0 Å². The zero-order chi connectivity index (χ0) is 18.1. The van der Waals surface area contributed by atoms with Gasteiger partial charge in [0.2, 0.25) is 0 Å². The highest BCUT2D eigenvalue weighted by molar-refractivity contribution is 6.10. The summed E-state index contributed by atoms with van der Waals surface area (Å²) >= 11 is 0. The number of rotatable bonds is 3. The van der Waals surface area contributed by atoms with Gasteiger partial charge < -0.3 is 10.5 Å². The van der Waals surface area contributed by atoms with Gasteiger partial charge >= 0.3 is 0 Å². The molecule has 1 aliphatic rings. The molecule has 7 heteroatoms. The average molecular weight is 339 g/mol. The molecule has 0 unspecified atom stereocenters. The van der Waals surface area contributed by atoms with E-state index >= 15 is 0 Å². The van der Waals surface area contributed by atoms with E-state index in [9.17, 15) is 14.9 Å². The van der Waals surface area contributed by atoms with Crippen LogP contribution < -0.4 is 15.4 Å². The number of nitrogens with zero attached hydrogens (tertiary/aromatic N) is 2. The van der Waals surface area contributed by atoms with Crippen LogP contribution in [-0.4, -0.2) is 16.9 Å². The summed E-state index contributed by atoms with van der Waals surface area (Å²) in [5.41, 5.74) is 7.62. The first kappa shape index (κ1) is 16.5. The summed E-state index contributed by atoms with van der Waals surface area (Å²) < 4.78 is 5.74. The number of hydrogen-bond donors (Lipinski definition) is 1. The highest BCUT2D eigenvalue weighted by atomic mass is 16.6. The van der Waals surface area contributed by atoms with E-state index in [0.29, 0.717) is 22.7 Å². The molecule has 25 heavy (non-hydrogen) atoms. The van der Waals surface area contributed by atoms with Crippen molar-refractivity contribution in [3.8, 4) is 5.75 Å². The Morgan fingerprint density at radius 2 is 1.88 bits per heavy atom. The Balaban J connectivity index is 2.01. The molecule has 2 N–H and O–H groups in total. The molecule has 0 bridgehead atoms. The molecule has 0 aromatic heterocycles. The summed E-state index contributed by atoms with van der Waals surface area (Å²) in [4.78, 5) is 24.7. The smallest absolute Gasteiger partial charge is 0.294 e. The van der Waals surface area contributed by atoms with Crippen molar-refractivity contribution in [1.82, 2.24) is 0 Å². The minimum Gasteiger partial charge on any atom is -0.449 e. The lowest BCUT2D eigenvalue weighted by Gasteiger charge is -2.33. The molecule has 1 amide bonds. The zero-order valence-electron chi connectivity index (χ0n) is 13.8. The van der Waals surface area contributed by atoms with Crippen molar-refractivity contribution < 1.29 is 14.5 Å². The normalized spacial score (nSPS) is 15.2. The first-order chi connectivity index (χ1) is 11.9. The fourth-order valence-corrected chi connectivity index (χ4v) is 2.65. The van der Waals surface area contributed by atoms with Gasteiger partial charge in [0.1, 0.15) is 0 Å². The SMILES string of the molecule is CC(C)N1C(=O)/C(=C\c2ccc([N+](=O)[O-])cc2)Oc2ccc(N)cc21. The van der Waals surface area contributed by atoms with Crippen molar-refractivity contribution in [3.05, 3.63) is 63.9 Å². The Morgan fingerprint density at radius 1 is 1.20 bits per heavy atom. The van der Waals surface area contributed by atoms with Gasteiger partial charge in [-0.15, -0.1) is 0 Å². The van der Waals surface area contributed by atoms with Gasteiger partial charge in [-0.25, -0.2) is 0 Å². The second kappa shape index (κ2) is 6.27. The van der Waals surface area contributed by atoms with Crippen LogP contribution in [0.4, 0.5) is 17.1 Å². The first-order valence-corrected chi connectivity index (χ1v) is 7.74. The molecule has 0 atom stereocenters. The van der Waals surface area contributed by atoms with Crippen molar-refractivity contribution in [1.29, 1.82) is 0 Å². The van der Waals surface area contributed by atoms with Gasteiger partial charge in [-0.3, -0.25) is 19.8 Å². The minimum atomic E-state index is -0.472. The second-order valence-electron chi connectivity index (χ2n) is 5.96. The summed E-state index contributed by atoms with van der Waals surface area (Å²) in [6.07, 6.45) is 1.57. The van der Waals surface area contributed by atoms with E-state index in [1.54, 1.807) is 41.3 Å². The number of hydrogen-bond acceptors (Lipinski definition) is 5. The number of anilines is 2. The zero-order valence-corrected chi connectivity index (χ0v) is 13.8. The molecule has 1 heterocycles. The Kier molecular flexibility index (Phi) is 4.14. The lowest BCUT2D eigenvalue weighted by molar-refractivity contribution is -0.384. The van der Waals surface area contributed by atoms with Gasteiger partial charge in [-0.1, -0.05) is 0 Å². The molecule has 0 radical (unpaired) electrons. The number of amides is 1. The van der Waals surface area contributed by atoms with E-state index in [0.717, 1.165) is 0 Å². The van der Waals surface area contributed by atoms with Crippen LogP contribution in [0.1, 0.15) is 19.4 Å². The summed E-state index contributed by atoms with van der Waals surface area (Å²) in [5.74, 6) is 0.405. The topological polar surface area (TPSA) is 98.7 Å². The molecule has 3 rings (SSSR count). The monoisotopic (exact) mass is 339 g/mol. The summed E-state index contributed by atoms with van der Waals surface area (Å²) in [5, 5.41) is 10.7. The third-order valence-corrected chi connectivity index (χ3v) is 3.81. The largest absolute Gasteiger partial charge is 0.449 e. The van der Waals surface area contributed by atoms with Crippen molar-refractivity contribution in [2.24, 2.45) is 0 Å². The Labute approximate surface area is 144 Å². The Bertz CT molecular complexity index is 872. The maximum Gasteiger partial charge on any atom is 0.294 e. The number of nitrogens with two attached hydrogens (primary N) is 1. The van der Waals surface area contributed by atoms with Gasteiger partial charge in [-0.2, -0.15) is 0 Å². The Morgan fingerprint density at radius 3 is 2.48 bits per heavy atom. The van der Waals surface area contributed by atoms with Crippen LogP contribution in [0.2, 0.25) is 0 Å². The third kappa shape index (κ3) is 3.16. The summed E-state index contributed by atoms with van der Waals surface area (Å²) in [6, 6.07) is 10.9. The summed E-state index contributed by atoms with van der Waals surface area (Å²) in [6.45, 7) is 3.80. The predicted octanol–water partition coefficient (Wildman–Crippen LogP) is 3.35. The van der Waals surface area contributed by atoms with E-state index in [1.165, 1.54) is 12.1 Å². The highest BCUT2D eigenvalue weighted by Crippen LogP contribution is 2.38. The van der Waals surface area contributed by atoms with E-state index < -0.39 is 4.92 Å². The number of nitro benzene ring substituents is 1.